The van der Waals surface area contributed by atoms with Gasteiger partial charge in [0.25, 0.3) is 0 Å². The van der Waals surface area contributed by atoms with Gasteiger partial charge in [-0.15, -0.1) is 0 Å². The maximum Gasteiger partial charge on any atom is 0.138 e. The molecule has 1 heterocycles. The molecule has 17 heavy (non-hydrogen) atoms. The van der Waals surface area contributed by atoms with E-state index >= 15 is 0 Å². The molecule has 0 atom stereocenters. The van der Waals surface area contributed by atoms with Crippen molar-refractivity contribution in [1.29, 1.82) is 0 Å². The minimum atomic E-state index is 1.03. The van der Waals surface area contributed by atoms with Gasteiger partial charge in [-0.1, -0.05) is 12.1 Å². The van der Waals surface area contributed by atoms with Gasteiger partial charge in [-0.05, 0) is 62.1 Å². The first-order valence-electron chi connectivity index (χ1n) is 5.97. The zero-order chi connectivity index (χ0) is 12.2. The molecular formula is C16H16O. The van der Waals surface area contributed by atoms with E-state index in [1.807, 2.05) is 0 Å². The number of benzene rings is 2. The summed E-state index contributed by atoms with van der Waals surface area (Å²) in [5.74, 6) is 0. The SMILES string of the molecule is Cc1cc(C)c2oc3c(C)cc(C)cc3c2c1. The normalized spacial score (nSPS) is 11.5. The summed E-state index contributed by atoms with van der Waals surface area (Å²) in [6.45, 7) is 8.49. The van der Waals surface area contributed by atoms with Crippen molar-refractivity contribution in [1.82, 2.24) is 0 Å². The van der Waals surface area contributed by atoms with E-state index in [0.717, 1.165) is 11.2 Å². The van der Waals surface area contributed by atoms with Crippen molar-refractivity contribution in [3.63, 3.8) is 0 Å². The molecule has 0 aliphatic heterocycles. The van der Waals surface area contributed by atoms with Crippen molar-refractivity contribution >= 4 is 21.9 Å². The molecule has 0 amide bonds. The van der Waals surface area contributed by atoms with Gasteiger partial charge in [0.05, 0.1) is 0 Å². The molecule has 0 N–H and O–H groups in total. The Morgan fingerprint density at radius 2 is 1.06 bits per heavy atom. The molecule has 0 bridgehead atoms. The lowest BCUT2D eigenvalue weighted by Gasteiger charge is -1.98. The van der Waals surface area contributed by atoms with Gasteiger partial charge in [0.2, 0.25) is 0 Å². The van der Waals surface area contributed by atoms with Crippen LogP contribution in [0.1, 0.15) is 22.3 Å². The van der Waals surface area contributed by atoms with Crippen molar-refractivity contribution in [2.75, 3.05) is 0 Å². The average molecular weight is 224 g/mol. The Morgan fingerprint density at radius 3 is 1.47 bits per heavy atom. The van der Waals surface area contributed by atoms with Crippen LogP contribution in [-0.2, 0) is 0 Å². The second-order valence-electron chi connectivity index (χ2n) is 5.02. The maximum absolute atomic E-state index is 6.02. The van der Waals surface area contributed by atoms with E-state index in [0.29, 0.717) is 0 Å². The summed E-state index contributed by atoms with van der Waals surface area (Å²) in [6, 6.07) is 8.78. The summed E-state index contributed by atoms with van der Waals surface area (Å²) in [6.07, 6.45) is 0. The lowest BCUT2D eigenvalue weighted by Crippen LogP contribution is -1.78. The van der Waals surface area contributed by atoms with Crippen LogP contribution in [-0.4, -0.2) is 0 Å². The third kappa shape index (κ3) is 1.46. The Bertz CT molecular complexity index is 670. The number of rotatable bonds is 0. The largest absolute Gasteiger partial charge is 0.456 e. The van der Waals surface area contributed by atoms with E-state index in [1.165, 1.54) is 33.0 Å². The topological polar surface area (TPSA) is 13.1 Å². The van der Waals surface area contributed by atoms with Gasteiger partial charge in [0.1, 0.15) is 11.2 Å². The fourth-order valence-electron chi connectivity index (χ4n) is 2.68. The first kappa shape index (κ1) is 10.4. The van der Waals surface area contributed by atoms with Crippen LogP contribution in [0, 0.1) is 27.7 Å². The van der Waals surface area contributed by atoms with E-state index in [-0.39, 0.29) is 0 Å². The fourth-order valence-corrected chi connectivity index (χ4v) is 2.68. The van der Waals surface area contributed by atoms with Crippen molar-refractivity contribution < 1.29 is 4.42 Å². The van der Waals surface area contributed by atoms with Crippen molar-refractivity contribution in [2.45, 2.75) is 27.7 Å². The smallest absolute Gasteiger partial charge is 0.138 e. The van der Waals surface area contributed by atoms with E-state index in [9.17, 15) is 0 Å². The molecule has 0 saturated carbocycles. The predicted molar refractivity (Wildman–Crippen MR) is 72.7 cm³/mol. The maximum atomic E-state index is 6.02. The lowest BCUT2D eigenvalue weighted by atomic mass is 10.0. The van der Waals surface area contributed by atoms with Crippen LogP contribution < -0.4 is 0 Å². The van der Waals surface area contributed by atoms with Gasteiger partial charge in [-0.25, -0.2) is 0 Å². The van der Waals surface area contributed by atoms with Crippen LogP contribution in [0.5, 0.6) is 0 Å². The first-order chi connectivity index (χ1) is 8.06. The van der Waals surface area contributed by atoms with E-state index in [2.05, 4.69) is 52.0 Å². The molecule has 0 radical (unpaired) electrons. The van der Waals surface area contributed by atoms with E-state index in [1.54, 1.807) is 0 Å². The van der Waals surface area contributed by atoms with E-state index in [4.69, 9.17) is 4.42 Å². The summed E-state index contributed by atoms with van der Waals surface area (Å²) in [7, 11) is 0. The fraction of sp³-hybridized carbons (Fsp3) is 0.250. The lowest BCUT2D eigenvalue weighted by molar-refractivity contribution is 0.662. The van der Waals surface area contributed by atoms with Crippen LogP contribution in [0.3, 0.4) is 0 Å². The zero-order valence-corrected chi connectivity index (χ0v) is 10.7. The third-order valence-electron chi connectivity index (χ3n) is 3.33. The Labute approximate surface area is 101 Å². The molecule has 0 unspecified atom stereocenters. The summed E-state index contributed by atoms with van der Waals surface area (Å²) in [4.78, 5) is 0. The Kier molecular flexibility index (Phi) is 2.06. The molecule has 1 aromatic heterocycles. The van der Waals surface area contributed by atoms with Crippen LogP contribution in [0.25, 0.3) is 21.9 Å². The van der Waals surface area contributed by atoms with Gasteiger partial charge in [0.15, 0.2) is 0 Å². The molecule has 0 saturated heterocycles. The summed E-state index contributed by atoms with van der Waals surface area (Å²) < 4.78 is 6.02. The Hall–Kier alpha value is -1.76. The minimum Gasteiger partial charge on any atom is -0.456 e. The van der Waals surface area contributed by atoms with Gasteiger partial charge in [0, 0.05) is 10.8 Å². The number of hydrogen-bond acceptors (Lipinski definition) is 1. The number of hydrogen-bond donors (Lipinski definition) is 0. The zero-order valence-electron chi connectivity index (χ0n) is 10.7. The second-order valence-corrected chi connectivity index (χ2v) is 5.02. The Morgan fingerprint density at radius 1 is 0.647 bits per heavy atom. The van der Waals surface area contributed by atoms with Crippen LogP contribution in [0.4, 0.5) is 0 Å². The molecule has 0 aliphatic rings. The van der Waals surface area contributed by atoms with Crippen molar-refractivity contribution in [3.8, 4) is 0 Å². The highest BCUT2D eigenvalue weighted by molar-refractivity contribution is 6.07. The quantitative estimate of drug-likeness (QED) is 0.533. The molecule has 3 aromatic rings. The molecule has 3 rings (SSSR count). The third-order valence-corrected chi connectivity index (χ3v) is 3.33. The van der Waals surface area contributed by atoms with Crippen molar-refractivity contribution in [2.24, 2.45) is 0 Å². The average Bonchev–Trinajstić information content (AvgIpc) is 2.58. The van der Waals surface area contributed by atoms with Crippen LogP contribution >= 0.6 is 0 Å². The van der Waals surface area contributed by atoms with Crippen LogP contribution in [0.15, 0.2) is 28.7 Å². The van der Waals surface area contributed by atoms with Gasteiger partial charge >= 0.3 is 0 Å². The second kappa shape index (κ2) is 3.36. The summed E-state index contributed by atoms with van der Waals surface area (Å²) >= 11 is 0. The molecule has 0 aliphatic carbocycles. The molecule has 2 aromatic carbocycles. The standard InChI is InChI=1S/C16H16O/c1-9-5-11(3)15-13(7-9)14-8-10(2)6-12(4)16(14)17-15/h5-8H,1-4H3. The highest BCUT2D eigenvalue weighted by Crippen LogP contribution is 2.34. The van der Waals surface area contributed by atoms with Gasteiger partial charge < -0.3 is 4.42 Å². The summed E-state index contributed by atoms with van der Waals surface area (Å²) in [5.41, 5.74) is 7.06. The molecule has 1 nitrogen and oxygen atoms in total. The first-order valence-corrected chi connectivity index (χ1v) is 5.97. The number of aryl methyl sites for hydroxylation is 4. The molecule has 86 valence electrons. The van der Waals surface area contributed by atoms with Gasteiger partial charge in [-0.3, -0.25) is 0 Å². The monoisotopic (exact) mass is 224 g/mol. The Balaban J connectivity index is 2.60. The predicted octanol–water partition coefficient (Wildman–Crippen LogP) is 4.82. The highest BCUT2D eigenvalue weighted by atomic mass is 16.3. The highest BCUT2D eigenvalue weighted by Gasteiger charge is 2.11. The van der Waals surface area contributed by atoms with Crippen LogP contribution in [0.2, 0.25) is 0 Å². The molecule has 1 heteroatoms. The molecule has 0 spiro atoms. The minimum absolute atomic E-state index is 1.03. The number of fused-ring (bicyclic) bond motifs is 3. The number of furan rings is 1. The molecular weight excluding hydrogens is 208 g/mol. The van der Waals surface area contributed by atoms with E-state index < -0.39 is 0 Å². The molecule has 0 fully saturated rings. The van der Waals surface area contributed by atoms with Crippen molar-refractivity contribution in [3.05, 3.63) is 46.5 Å². The summed E-state index contributed by atoms with van der Waals surface area (Å²) in [5, 5.41) is 2.48. The van der Waals surface area contributed by atoms with Gasteiger partial charge in [-0.2, -0.15) is 0 Å².